The number of nitrogens with zero attached hydrogens (tertiary/aromatic N) is 1. The third kappa shape index (κ3) is 6.16. The highest BCUT2D eigenvalue weighted by molar-refractivity contribution is 7.12. The lowest BCUT2D eigenvalue weighted by molar-refractivity contribution is -0.136. The second kappa shape index (κ2) is 8.51. The van der Waals surface area contributed by atoms with Gasteiger partial charge in [0.2, 0.25) is 0 Å². The molecule has 1 aromatic heterocycles. The van der Waals surface area contributed by atoms with Gasteiger partial charge in [0.15, 0.2) is 0 Å². The number of thiophene rings is 1. The molecule has 21 heavy (non-hydrogen) atoms. The molecule has 1 unspecified atom stereocenters. The molecule has 5 heteroatoms. The fourth-order valence-electron chi connectivity index (χ4n) is 2.85. The summed E-state index contributed by atoms with van der Waals surface area (Å²) in [7, 11) is 0. The van der Waals surface area contributed by atoms with Crippen molar-refractivity contribution in [2.75, 3.05) is 26.2 Å². The molecule has 2 heterocycles. The third-order valence-corrected chi connectivity index (χ3v) is 4.94. The van der Waals surface area contributed by atoms with Gasteiger partial charge in [-0.05, 0) is 50.5 Å². The van der Waals surface area contributed by atoms with Crippen LogP contribution in [0.1, 0.15) is 35.9 Å². The summed E-state index contributed by atoms with van der Waals surface area (Å²) in [6.45, 7) is 7.85. The molecule has 0 aliphatic carbocycles. The molecule has 2 rings (SSSR count). The van der Waals surface area contributed by atoms with E-state index in [9.17, 15) is 4.79 Å². The van der Waals surface area contributed by atoms with Crippen molar-refractivity contribution in [2.24, 2.45) is 5.92 Å². The highest BCUT2D eigenvalue weighted by Crippen LogP contribution is 2.17. The van der Waals surface area contributed by atoms with Crippen LogP contribution in [0.2, 0.25) is 0 Å². The number of carboxylic acids is 1. The van der Waals surface area contributed by atoms with Crippen molar-refractivity contribution in [1.29, 1.82) is 0 Å². The lowest BCUT2D eigenvalue weighted by Gasteiger charge is -2.29. The molecule has 1 fully saturated rings. The molecule has 0 bridgehead atoms. The van der Waals surface area contributed by atoms with Crippen LogP contribution in [0.25, 0.3) is 0 Å². The summed E-state index contributed by atoms with van der Waals surface area (Å²) in [4.78, 5) is 15.4. The standard InChI is InChI=1S/C16H26N2O2S/c1-13(12-18-7-3-2-4-8-18)10-17-11-15-6-5-14(21-15)9-16(19)20/h5-6,13,17H,2-4,7-12H2,1H3,(H,19,20). The molecule has 0 aromatic carbocycles. The smallest absolute Gasteiger partial charge is 0.308 e. The number of nitrogens with one attached hydrogen (secondary N) is 1. The van der Waals surface area contributed by atoms with Gasteiger partial charge in [0.25, 0.3) is 0 Å². The topological polar surface area (TPSA) is 52.6 Å². The summed E-state index contributed by atoms with van der Waals surface area (Å²) in [5.74, 6) is -0.104. The van der Waals surface area contributed by atoms with Crippen LogP contribution < -0.4 is 5.32 Å². The van der Waals surface area contributed by atoms with Crippen LogP contribution in [-0.4, -0.2) is 42.2 Å². The summed E-state index contributed by atoms with van der Waals surface area (Å²) < 4.78 is 0. The number of carboxylic acid groups (broad SMARTS) is 1. The fourth-order valence-corrected chi connectivity index (χ4v) is 3.83. The van der Waals surface area contributed by atoms with E-state index in [0.717, 1.165) is 18.0 Å². The number of hydrogen-bond donors (Lipinski definition) is 2. The van der Waals surface area contributed by atoms with Gasteiger partial charge in [-0.25, -0.2) is 0 Å². The van der Waals surface area contributed by atoms with Gasteiger partial charge < -0.3 is 15.3 Å². The number of rotatable bonds is 8. The van der Waals surface area contributed by atoms with Gasteiger partial charge in [-0.3, -0.25) is 4.79 Å². The molecule has 0 saturated carbocycles. The molecule has 1 aliphatic rings. The van der Waals surface area contributed by atoms with Gasteiger partial charge in [-0.1, -0.05) is 13.3 Å². The first-order valence-electron chi connectivity index (χ1n) is 7.86. The molecule has 2 N–H and O–H groups in total. The number of piperidine rings is 1. The van der Waals surface area contributed by atoms with Gasteiger partial charge in [-0.15, -0.1) is 11.3 Å². The Morgan fingerprint density at radius 3 is 2.76 bits per heavy atom. The monoisotopic (exact) mass is 310 g/mol. The Kier molecular flexibility index (Phi) is 6.67. The molecule has 0 amide bonds. The maximum Gasteiger partial charge on any atom is 0.308 e. The van der Waals surface area contributed by atoms with Crippen LogP contribution in [0.5, 0.6) is 0 Å². The third-order valence-electron chi connectivity index (χ3n) is 3.85. The fraction of sp³-hybridized carbons (Fsp3) is 0.688. The average Bonchev–Trinajstić information content (AvgIpc) is 2.86. The Morgan fingerprint density at radius 1 is 1.33 bits per heavy atom. The highest BCUT2D eigenvalue weighted by atomic mass is 32.1. The number of likely N-dealkylation sites (tertiary alicyclic amines) is 1. The molecular formula is C16H26N2O2S. The van der Waals surface area contributed by atoms with E-state index in [1.807, 2.05) is 12.1 Å². The van der Waals surface area contributed by atoms with Crippen LogP contribution in [0, 0.1) is 5.92 Å². The SMILES string of the molecule is CC(CNCc1ccc(CC(=O)O)s1)CN1CCCCC1. The Labute approximate surface area is 131 Å². The van der Waals surface area contributed by atoms with Crippen LogP contribution in [-0.2, 0) is 17.8 Å². The van der Waals surface area contributed by atoms with Crippen molar-refractivity contribution >= 4 is 17.3 Å². The maximum atomic E-state index is 10.7. The van der Waals surface area contributed by atoms with E-state index in [1.165, 1.54) is 43.8 Å². The lowest BCUT2D eigenvalue weighted by atomic mass is 10.1. The van der Waals surface area contributed by atoms with Crippen molar-refractivity contribution in [2.45, 2.75) is 39.2 Å². The summed E-state index contributed by atoms with van der Waals surface area (Å²) in [5, 5.41) is 12.3. The summed E-state index contributed by atoms with van der Waals surface area (Å²) in [6.07, 6.45) is 4.22. The van der Waals surface area contributed by atoms with Crippen molar-refractivity contribution in [3.63, 3.8) is 0 Å². The van der Waals surface area contributed by atoms with Gasteiger partial charge in [0, 0.05) is 22.8 Å². The largest absolute Gasteiger partial charge is 0.481 e. The maximum absolute atomic E-state index is 10.7. The molecule has 1 aromatic rings. The lowest BCUT2D eigenvalue weighted by Crippen LogP contribution is -2.36. The Morgan fingerprint density at radius 2 is 2.05 bits per heavy atom. The predicted octanol–water partition coefficient (Wildman–Crippen LogP) is 2.59. The summed E-state index contributed by atoms with van der Waals surface area (Å²) in [6, 6.07) is 3.96. The van der Waals surface area contributed by atoms with Crippen molar-refractivity contribution < 1.29 is 9.90 Å². The van der Waals surface area contributed by atoms with E-state index >= 15 is 0 Å². The zero-order valence-electron chi connectivity index (χ0n) is 12.8. The quantitative estimate of drug-likeness (QED) is 0.775. The van der Waals surface area contributed by atoms with E-state index < -0.39 is 5.97 Å². The Balaban J connectivity index is 1.63. The molecule has 0 spiro atoms. The summed E-state index contributed by atoms with van der Waals surface area (Å²) in [5.41, 5.74) is 0. The van der Waals surface area contributed by atoms with E-state index in [2.05, 4.69) is 17.1 Å². The molecule has 118 valence electrons. The van der Waals surface area contributed by atoms with E-state index in [0.29, 0.717) is 5.92 Å². The van der Waals surface area contributed by atoms with E-state index in [1.54, 1.807) is 11.3 Å². The molecule has 1 atom stereocenters. The highest BCUT2D eigenvalue weighted by Gasteiger charge is 2.13. The van der Waals surface area contributed by atoms with Crippen LogP contribution in [0.4, 0.5) is 0 Å². The minimum absolute atomic E-state index is 0.135. The van der Waals surface area contributed by atoms with Crippen molar-refractivity contribution in [3.05, 3.63) is 21.9 Å². The van der Waals surface area contributed by atoms with E-state index in [-0.39, 0.29) is 6.42 Å². The zero-order valence-corrected chi connectivity index (χ0v) is 13.6. The first kappa shape index (κ1) is 16.5. The van der Waals surface area contributed by atoms with Gasteiger partial charge in [0.1, 0.15) is 0 Å². The minimum Gasteiger partial charge on any atom is -0.481 e. The van der Waals surface area contributed by atoms with Crippen LogP contribution in [0.3, 0.4) is 0 Å². The van der Waals surface area contributed by atoms with Gasteiger partial charge in [-0.2, -0.15) is 0 Å². The minimum atomic E-state index is -0.758. The summed E-state index contributed by atoms with van der Waals surface area (Å²) >= 11 is 1.59. The number of carbonyl (C=O) groups is 1. The second-order valence-electron chi connectivity index (χ2n) is 6.04. The van der Waals surface area contributed by atoms with E-state index in [4.69, 9.17) is 5.11 Å². The Hall–Kier alpha value is -0.910. The average molecular weight is 310 g/mol. The van der Waals surface area contributed by atoms with Gasteiger partial charge in [0.05, 0.1) is 6.42 Å². The number of hydrogen-bond acceptors (Lipinski definition) is 4. The van der Waals surface area contributed by atoms with Crippen LogP contribution >= 0.6 is 11.3 Å². The van der Waals surface area contributed by atoms with Crippen molar-refractivity contribution in [1.82, 2.24) is 10.2 Å². The zero-order chi connectivity index (χ0) is 15.1. The second-order valence-corrected chi connectivity index (χ2v) is 7.29. The normalized spacial score (nSPS) is 17.8. The first-order valence-corrected chi connectivity index (χ1v) is 8.67. The molecular weight excluding hydrogens is 284 g/mol. The number of aliphatic carboxylic acids is 1. The molecule has 0 radical (unpaired) electrons. The molecule has 4 nitrogen and oxygen atoms in total. The molecule has 1 saturated heterocycles. The van der Waals surface area contributed by atoms with Crippen LogP contribution in [0.15, 0.2) is 12.1 Å². The predicted molar refractivity (Wildman–Crippen MR) is 86.8 cm³/mol. The Bertz CT molecular complexity index is 441. The van der Waals surface area contributed by atoms with Gasteiger partial charge >= 0.3 is 5.97 Å². The first-order chi connectivity index (χ1) is 10.1. The van der Waals surface area contributed by atoms with Crippen molar-refractivity contribution in [3.8, 4) is 0 Å². The molecule has 1 aliphatic heterocycles.